The third kappa shape index (κ3) is 4.67. The van der Waals surface area contributed by atoms with Gasteiger partial charge < -0.3 is 9.47 Å². The minimum absolute atomic E-state index is 0.181. The van der Waals surface area contributed by atoms with Crippen molar-refractivity contribution in [3.05, 3.63) is 95.2 Å². The summed E-state index contributed by atoms with van der Waals surface area (Å²) in [5, 5.41) is 0. The highest BCUT2D eigenvalue weighted by atomic mass is 32.1. The molecule has 0 spiro atoms. The summed E-state index contributed by atoms with van der Waals surface area (Å²) in [6.07, 6.45) is 1.92. The quantitative estimate of drug-likeness (QED) is 0.462. The van der Waals surface area contributed by atoms with E-state index < -0.39 is 12.0 Å². The molecule has 4 rings (SSSR count). The van der Waals surface area contributed by atoms with Crippen molar-refractivity contribution >= 4 is 23.4 Å². The first-order valence-corrected chi connectivity index (χ1v) is 12.9. The Balaban J connectivity index is 1.96. The second kappa shape index (κ2) is 10.3. The second-order valence-corrected chi connectivity index (χ2v) is 10.3. The third-order valence-electron chi connectivity index (χ3n) is 6.44. The van der Waals surface area contributed by atoms with Crippen molar-refractivity contribution in [2.45, 2.75) is 53.5 Å². The van der Waals surface area contributed by atoms with Gasteiger partial charge in [-0.25, -0.2) is 9.79 Å². The molecular formula is C29H32N2O4S. The summed E-state index contributed by atoms with van der Waals surface area (Å²) in [5.41, 5.74) is 5.77. The molecule has 0 amide bonds. The summed E-state index contributed by atoms with van der Waals surface area (Å²) in [5.74, 6) is 0.659. The van der Waals surface area contributed by atoms with Crippen LogP contribution in [0.5, 0.6) is 5.75 Å². The molecule has 0 unspecified atom stereocenters. The van der Waals surface area contributed by atoms with Crippen LogP contribution in [0.25, 0.3) is 6.08 Å². The molecule has 0 N–H and O–H groups in total. The van der Waals surface area contributed by atoms with Gasteiger partial charge >= 0.3 is 5.97 Å². The number of aryl methyl sites for hydroxylation is 2. The SMILES string of the molecule is CCOC(=O)C1=C(C)N=c2s/c(=C/c3cc(C(C)C)c(OC)cc3C)c(=O)n2[C@H]1c1ccc(C)cc1. The second-order valence-electron chi connectivity index (χ2n) is 9.32. The van der Waals surface area contributed by atoms with Crippen LogP contribution in [0.1, 0.15) is 67.5 Å². The number of fused-ring (bicyclic) bond motifs is 1. The lowest BCUT2D eigenvalue weighted by molar-refractivity contribution is -0.139. The zero-order chi connectivity index (χ0) is 26.1. The molecule has 0 saturated heterocycles. The molecular weight excluding hydrogens is 472 g/mol. The highest BCUT2D eigenvalue weighted by Gasteiger charge is 2.33. The molecule has 2 aromatic carbocycles. The Hall–Kier alpha value is -3.45. The molecule has 1 aromatic heterocycles. The van der Waals surface area contributed by atoms with Crippen molar-refractivity contribution in [1.82, 2.24) is 4.57 Å². The Morgan fingerprint density at radius 2 is 1.86 bits per heavy atom. The molecule has 7 heteroatoms. The van der Waals surface area contributed by atoms with E-state index in [0.29, 0.717) is 20.6 Å². The van der Waals surface area contributed by atoms with Crippen LogP contribution in [0.3, 0.4) is 0 Å². The number of methoxy groups -OCH3 is 1. The number of rotatable bonds is 6. The summed E-state index contributed by atoms with van der Waals surface area (Å²) in [6.45, 7) is 12.1. The highest BCUT2D eigenvalue weighted by Crippen LogP contribution is 2.32. The van der Waals surface area contributed by atoms with E-state index in [9.17, 15) is 9.59 Å². The standard InChI is InChI=1S/C29H32N2O4S/c1-8-35-28(33)25-19(6)30-29-31(26(25)20-11-9-17(4)10-12-20)27(32)24(36-29)15-21-14-22(16(2)3)23(34-7)13-18(21)5/h9-16,26H,8H2,1-7H3/b24-15+/t26-/m0/s1. The molecule has 188 valence electrons. The van der Waals surface area contributed by atoms with E-state index in [1.54, 1.807) is 25.5 Å². The van der Waals surface area contributed by atoms with Crippen LogP contribution in [-0.2, 0) is 9.53 Å². The first-order chi connectivity index (χ1) is 17.2. The Morgan fingerprint density at radius 1 is 1.17 bits per heavy atom. The van der Waals surface area contributed by atoms with E-state index in [-0.39, 0.29) is 18.1 Å². The fourth-order valence-electron chi connectivity index (χ4n) is 4.50. The number of hydrogen-bond acceptors (Lipinski definition) is 6. The number of aromatic nitrogens is 1. The van der Waals surface area contributed by atoms with Gasteiger partial charge in [0.2, 0.25) is 0 Å². The zero-order valence-corrected chi connectivity index (χ0v) is 22.7. The van der Waals surface area contributed by atoms with Gasteiger partial charge in [-0.1, -0.05) is 55.0 Å². The maximum Gasteiger partial charge on any atom is 0.338 e. The fourth-order valence-corrected chi connectivity index (χ4v) is 5.53. The zero-order valence-electron chi connectivity index (χ0n) is 21.8. The topological polar surface area (TPSA) is 69.9 Å². The lowest BCUT2D eigenvalue weighted by Crippen LogP contribution is -2.39. The molecule has 36 heavy (non-hydrogen) atoms. The molecule has 2 heterocycles. The molecule has 1 aliphatic heterocycles. The lowest BCUT2D eigenvalue weighted by atomic mass is 9.95. The van der Waals surface area contributed by atoms with E-state index in [0.717, 1.165) is 33.6 Å². The predicted molar refractivity (Wildman–Crippen MR) is 143 cm³/mol. The number of thiazole rings is 1. The number of ether oxygens (including phenoxy) is 2. The summed E-state index contributed by atoms with van der Waals surface area (Å²) < 4.78 is 13.1. The van der Waals surface area contributed by atoms with E-state index in [4.69, 9.17) is 9.47 Å². The first-order valence-electron chi connectivity index (χ1n) is 12.1. The van der Waals surface area contributed by atoms with Gasteiger partial charge in [0, 0.05) is 0 Å². The van der Waals surface area contributed by atoms with Crippen LogP contribution in [0.15, 0.2) is 57.5 Å². The number of allylic oxidation sites excluding steroid dienone is 1. The van der Waals surface area contributed by atoms with Gasteiger partial charge in [-0.05, 0) is 74.1 Å². The van der Waals surface area contributed by atoms with Crippen LogP contribution in [0.2, 0.25) is 0 Å². The lowest BCUT2D eigenvalue weighted by Gasteiger charge is -2.24. The van der Waals surface area contributed by atoms with Gasteiger partial charge in [-0.15, -0.1) is 0 Å². The minimum Gasteiger partial charge on any atom is -0.496 e. The molecule has 0 saturated carbocycles. The number of carbonyl (C=O) groups is 1. The maximum absolute atomic E-state index is 13.8. The molecule has 0 fully saturated rings. The van der Waals surface area contributed by atoms with Crippen molar-refractivity contribution in [3.63, 3.8) is 0 Å². The van der Waals surface area contributed by atoms with Gasteiger partial charge in [-0.2, -0.15) is 0 Å². The maximum atomic E-state index is 13.8. The van der Waals surface area contributed by atoms with Crippen LogP contribution in [0, 0.1) is 13.8 Å². The summed E-state index contributed by atoms with van der Waals surface area (Å²) in [4.78, 5) is 32.1. The number of carbonyl (C=O) groups excluding carboxylic acids is 1. The monoisotopic (exact) mass is 504 g/mol. The van der Waals surface area contributed by atoms with Crippen LogP contribution in [-0.4, -0.2) is 24.3 Å². The van der Waals surface area contributed by atoms with Crippen LogP contribution in [0.4, 0.5) is 0 Å². The van der Waals surface area contributed by atoms with Crippen molar-refractivity contribution in [2.75, 3.05) is 13.7 Å². The van der Waals surface area contributed by atoms with Gasteiger partial charge in [-0.3, -0.25) is 9.36 Å². The van der Waals surface area contributed by atoms with Crippen LogP contribution < -0.4 is 19.6 Å². The molecule has 0 radical (unpaired) electrons. The van der Waals surface area contributed by atoms with Crippen molar-refractivity contribution in [2.24, 2.45) is 4.99 Å². The van der Waals surface area contributed by atoms with Crippen molar-refractivity contribution in [3.8, 4) is 5.75 Å². The normalized spacial score (nSPS) is 15.7. The first kappa shape index (κ1) is 25.6. The van der Waals surface area contributed by atoms with Gasteiger partial charge in [0.05, 0.1) is 35.6 Å². The predicted octanol–water partition coefficient (Wildman–Crippen LogP) is 4.55. The van der Waals surface area contributed by atoms with Crippen molar-refractivity contribution < 1.29 is 14.3 Å². The van der Waals surface area contributed by atoms with E-state index in [1.165, 1.54) is 11.3 Å². The van der Waals surface area contributed by atoms with E-state index in [2.05, 4.69) is 24.9 Å². The largest absolute Gasteiger partial charge is 0.496 e. The van der Waals surface area contributed by atoms with E-state index in [1.807, 2.05) is 50.3 Å². The van der Waals surface area contributed by atoms with Crippen LogP contribution >= 0.6 is 11.3 Å². The molecule has 0 aliphatic carbocycles. The Labute approximate surface area is 215 Å². The van der Waals surface area contributed by atoms with Crippen molar-refractivity contribution in [1.29, 1.82) is 0 Å². The Kier molecular flexibility index (Phi) is 7.31. The summed E-state index contributed by atoms with van der Waals surface area (Å²) in [7, 11) is 1.67. The number of hydrogen-bond donors (Lipinski definition) is 0. The minimum atomic E-state index is -0.605. The number of nitrogens with zero attached hydrogens (tertiary/aromatic N) is 2. The molecule has 3 aromatic rings. The summed E-state index contributed by atoms with van der Waals surface area (Å²) in [6, 6.07) is 11.4. The summed E-state index contributed by atoms with van der Waals surface area (Å²) >= 11 is 1.33. The average molecular weight is 505 g/mol. The Morgan fingerprint density at radius 3 is 2.47 bits per heavy atom. The van der Waals surface area contributed by atoms with Gasteiger partial charge in [0.15, 0.2) is 4.80 Å². The van der Waals surface area contributed by atoms with Gasteiger partial charge in [0.25, 0.3) is 5.56 Å². The molecule has 1 aliphatic rings. The molecule has 6 nitrogen and oxygen atoms in total. The third-order valence-corrected chi connectivity index (χ3v) is 7.42. The smallest absolute Gasteiger partial charge is 0.338 e. The van der Waals surface area contributed by atoms with E-state index >= 15 is 0 Å². The van der Waals surface area contributed by atoms with Gasteiger partial charge in [0.1, 0.15) is 5.75 Å². The average Bonchev–Trinajstić information content (AvgIpc) is 3.14. The fraction of sp³-hybridized carbons (Fsp3) is 0.345. The molecule has 0 bridgehead atoms. The highest BCUT2D eigenvalue weighted by molar-refractivity contribution is 7.07. The Bertz CT molecular complexity index is 1520. The number of benzene rings is 2. The number of esters is 1. The molecule has 1 atom stereocenters.